The maximum absolute atomic E-state index is 3.86. The summed E-state index contributed by atoms with van der Waals surface area (Å²) in [6.07, 6.45) is 5.06. The van der Waals surface area contributed by atoms with Crippen LogP contribution in [0, 0.1) is 0 Å². The van der Waals surface area contributed by atoms with Crippen molar-refractivity contribution in [2.45, 2.75) is 12.5 Å². The van der Waals surface area contributed by atoms with Crippen molar-refractivity contribution in [3.63, 3.8) is 0 Å². The highest BCUT2D eigenvalue weighted by Gasteiger charge is 2.18. The Morgan fingerprint density at radius 1 is 1.67 bits per heavy atom. The number of aromatic amines is 1. The van der Waals surface area contributed by atoms with Gasteiger partial charge in [0.25, 0.3) is 0 Å². The van der Waals surface area contributed by atoms with Crippen LogP contribution in [0.25, 0.3) is 0 Å². The first-order valence-electron chi connectivity index (χ1n) is 3.19. The number of H-pyrrole nitrogens is 1. The number of nitrogens with zero attached hydrogens (tertiary/aromatic N) is 1. The van der Waals surface area contributed by atoms with E-state index in [4.69, 9.17) is 0 Å². The van der Waals surface area contributed by atoms with Crippen molar-refractivity contribution in [3.05, 3.63) is 18.0 Å². The van der Waals surface area contributed by atoms with E-state index in [1.54, 1.807) is 0 Å². The van der Waals surface area contributed by atoms with Gasteiger partial charge in [-0.1, -0.05) is 0 Å². The van der Waals surface area contributed by atoms with Crippen molar-refractivity contribution in [1.82, 2.24) is 15.5 Å². The standard InChI is InChI=1S/C6H9N3/c1-2-7-6(1)5-3-8-9-4-5/h3-4,6-7H,1-2H2,(H,8,9). The van der Waals surface area contributed by atoms with Gasteiger partial charge in [-0.05, 0) is 13.0 Å². The minimum absolute atomic E-state index is 0.573. The van der Waals surface area contributed by atoms with Crippen LogP contribution in [0.4, 0.5) is 0 Å². The first-order valence-corrected chi connectivity index (χ1v) is 3.19. The predicted molar refractivity (Wildman–Crippen MR) is 33.9 cm³/mol. The largest absolute Gasteiger partial charge is 0.310 e. The molecule has 1 saturated heterocycles. The molecule has 9 heavy (non-hydrogen) atoms. The van der Waals surface area contributed by atoms with Gasteiger partial charge < -0.3 is 5.32 Å². The maximum atomic E-state index is 3.86. The average molecular weight is 123 g/mol. The molecule has 2 N–H and O–H groups in total. The molecule has 0 radical (unpaired) electrons. The zero-order valence-corrected chi connectivity index (χ0v) is 5.09. The van der Waals surface area contributed by atoms with Gasteiger partial charge in [0.05, 0.1) is 6.20 Å². The molecule has 0 saturated carbocycles. The fraction of sp³-hybridized carbons (Fsp3) is 0.500. The molecule has 1 aromatic rings. The highest BCUT2D eigenvalue weighted by atomic mass is 15.1. The second-order valence-electron chi connectivity index (χ2n) is 2.33. The lowest BCUT2D eigenvalue weighted by Gasteiger charge is -2.26. The van der Waals surface area contributed by atoms with Gasteiger partial charge in [-0.2, -0.15) is 5.10 Å². The summed E-state index contributed by atoms with van der Waals surface area (Å²) in [7, 11) is 0. The van der Waals surface area contributed by atoms with Crippen molar-refractivity contribution in [2.75, 3.05) is 6.54 Å². The third-order valence-corrected chi connectivity index (χ3v) is 1.75. The molecule has 1 aromatic heterocycles. The topological polar surface area (TPSA) is 40.7 Å². The first-order chi connectivity index (χ1) is 4.47. The van der Waals surface area contributed by atoms with E-state index < -0.39 is 0 Å². The molecule has 0 aliphatic carbocycles. The van der Waals surface area contributed by atoms with E-state index in [0.29, 0.717) is 6.04 Å². The van der Waals surface area contributed by atoms with Gasteiger partial charge in [0.1, 0.15) is 0 Å². The van der Waals surface area contributed by atoms with Crippen LogP contribution in [0.1, 0.15) is 18.0 Å². The van der Waals surface area contributed by atoms with Gasteiger partial charge in [0.15, 0.2) is 0 Å². The molecule has 48 valence electrons. The van der Waals surface area contributed by atoms with E-state index in [-0.39, 0.29) is 0 Å². The summed E-state index contributed by atoms with van der Waals surface area (Å²) >= 11 is 0. The molecule has 0 amide bonds. The number of aromatic nitrogens is 2. The van der Waals surface area contributed by atoms with Crippen molar-refractivity contribution < 1.29 is 0 Å². The average Bonchev–Trinajstić information content (AvgIpc) is 2.11. The summed E-state index contributed by atoms with van der Waals surface area (Å²) in [5.74, 6) is 0. The molecule has 0 aromatic carbocycles. The quantitative estimate of drug-likeness (QED) is 0.569. The molecule has 2 rings (SSSR count). The lowest BCUT2D eigenvalue weighted by Crippen LogP contribution is -2.34. The Balaban J connectivity index is 2.14. The van der Waals surface area contributed by atoms with Gasteiger partial charge in [-0.3, -0.25) is 5.10 Å². The van der Waals surface area contributed by atoms with Gasteiger partial charge >= 0.3 is 0 Å². The van der Waals surface area contributed by atoms with Crippen LogP contribution >= 0.6 is 0 Å². The Kier molecular flexibility index (Phi) is 1.02. The zero-order valence-electron chi connectivity index (χ0n) is 5.09. The molecule has 1 atom stereocenters. The van der Waals surface area contributed by atoms with Gasteiger partial charge in [-0.15, -0.1) is 0 Å². The van der Waals surface area contributed by atoms with Gasteiger partial charge in [-0.25, -0.2) is 0 Å². The summed E-state index contributed by atoms with van der Waals surface area (Å²) in [6.45, 7) is 1.15. The molecule has 2 heterocycles. The lowest BCUT2D eigenvalue weighted by atomic mass is 10.0. The maximum Gasteiger partial charge on any atom is 0.0535 e. The van der Waals surface area contributed by atoms with E-state index in [9.17, 15) is 0 Å². The molecule has 1 fully saturated rings. The molecule has 1 aliphatic heterocycles. The fourth-order valence-corrected chi connectivity index (χ4v) is 1.02. The highest BCUT2D eigenvalue weighted by molar-refractivity contribution is 5.11. The van der Waals surface area contributed by atoms with Crippen molar-refractivity contribution in [1.29, 1.82) is 0 Å². The fourth-order valence-electron chi connectivity index (χ4n) is 1.02. The second-order valence-corrected chi connectivity index (χ2v) is 2.33. The van der Waals surface area contributed by atoms with E-state index in [2.05, 4.69) is 15.5 Å². The summed E-state index contributed by atoms with van der Waals surface area (Å²) in [4.78, 5) is 0. The Labute approximate surface area is 53.5 Å². The highest BCUT2D eigenvalue weighted by Crippen LogP contribution is 2.20. The zero-order chi connectivity index (χ0) is 6.10. The lowest BCUT2D eigenvalue weighted by molar-refractivity contribution is 0.383. The molecular weight excluding hydrogens is 114 g/mol. The van der Waals surface area contributed by atoms with E-state index in [1.165, 1.54) is 12.0 Å². The van der Waals surface area contributed by atoms with Crippen LogP contribution in [0.5, 0.6) is 0 Å². The predicted octanol–water partition coefficient (Wildman–Crippen LogP) is 0.444. The second kappa shape index (κ2) is 1.84. The smallest absolute Gasteiger partial charge is 0.0535 e. The summed E-state index contributed by atoms with van der Waals surface area (Å²) in [6, 6.07) is 0.573. The monoisotopic (exact) mass is 123 g/mol. The van der Waals surface area contributed by atoms with Crippen LogP contribution in [0.15, 0.2) is 12.4 Å². The Morgan fingerprint density at radius 2 is 2.56 bits per heavy atom. The Bertz CT molecular complexity index is 176. The van der Waals surface area contributed by atoms with Crippen molar-refractivity contribution in [2.24, 2.45) is 0 Å². The van der Waals surface area contributed by atoms with Crippen LogP contribution in [0.2, 0.25) is 0 Å². The first kappa shape index (κ1) is 4.99. The molecule has 1 unspecified atom stereocenters. The number of nitrogens with one attached hydrogen (secondary N) is 2. The van der Waals surface area contributed by atoms with Gasteiger partial charge in [0, 0.05) is 17.8 Å². The summed E-state index contributed by atoms with van der Waals surface area (Å²) in [5.41, 5.74) is 1.28. The van der Waals surface area contributed by atoms with E-state index in [1.807, 2.05) is 12.4 Å². The van der Waals surface area contributed by atoms with Crippen LogP contribution in [-0.2, 0) is 0 Å². The molecule has 1 aliphatic rings. The molecule has 3 heteroatoms. The number of hydrogen-bond acceptors (Lipinski definition) is 2. The Morgan fingerprint density at radius 3 is 3.00 bits per heavy atom. The van der Waals surface area contributed by atoms with E-state index in [0.717, 1.165) is 6.54 Å². The van der Waals surface area contributed by atoms with Crippen LogP contribution in [0.3, 0.4) is 0 Å². The van der Waals surface area contributed by atoms with Crippen molar-refractivity contribution in [3.8, 4) is 0 Å². The third kappa shape index (κ3) is 0.733. The number of rotatable bonds is 1. The SMILES string of the molecule is c1n[nH]cc1C1CCN1. The summed E-state index contributed by atoms with van der Waals surface area (Å²) < 4.78 is 0. The van der Waals surface area contributed by atoms with Crippen LogP contribution < -0.4 is 5.32 Å². The molecule has 0 bridgehead atoms. The van der Waals surface area contributed by atoms with Gasteiger partial charge in [0.2, 0.25) is 0 Å². The molecule has 3 nitrogen and oxygen atoms in total. The minimum Gasteiger partial charge on any atom is -0.310 e. The van der Waals surface area contributed by atoms with E-state index >= 15 is 0 Å². The summed E-state index contributed by atoms with van der Waals surface area (Å²) in [5, 5.41) is 9.94. The normalized spacial score (nSPS) is 25.6. The number of hydrogen-bond donors (Lipinski definition) is 2. The third-order valence-electron chi connectivity index (χ3n) is 1.75. The minimum atomic E-state index is 0.573. The van der Waals surface area contributed by atoms with Crippen molar-refractivity contribution >= 4 is 0 Å². The van der Waals surface area contributed by atoms with Crippen LogP contribution in [-0.4, -0.2) is 16.7 Å². The Hall–Kier alpha value is -0.830. The molecule has 0 spiro atoms. The molecular formula is C6H9N3.